The van der Waals surface area contributed by atoms with Crippen LogP contribution in [0.1, 0.15) is 25.3 Å². The molecule has 1 saturated heterocycles. The zero-order valence-electron chi connectivity index (χ0n) is 11.8. The molecule has 0 saturated carbocycles. The quantitative estimate of drug-likeness (QED) is 0.891. The Kier molecular flexibility index (Phi) is 4.85. The Labute approximate surface area is 128 Å². The first-order chi connectivity index (χ1) is 9.95. The van der Waals surface area contributed by atoms with Crippen LogP contribution < -0.4 is 5.32 Å². The summed E-state index contributed by atoms with van der Waals surface area (Å²) < 4.78 is 5.35. The van der Waals surface area contributed by atoms with Crippen molar-refractivity contribution in [2.45, 2.75) is 31.2 Å². The number of hydrogen-bond acceptors (Lipinski definition) is 3. The Hall–Kier alpha value is -1.59. The average Bonchev–Trinajstić information content (AvgIpc) is 2.47. The van der Waals surface area contributed by atoms with Crippen LogP contribution in [0.2, 0.25) is 5.02 Å². The summed E-state index contributed by atoms with van der Waals surface area (Å²) in [5, 5.41) is 12.1. The van der Waals surface area contributed by atoms with E-state index < -0.39 is 17.4 Å². The summed E-state index contributed by atoms with van der Waals surface area (Å²) in [6.07, 6.45) is 1.01. The molecule has 0 unspecified atom stereocenters. The van der Waals surface area contributed by atoms with E-state index in [0.717, 1.165) is 5.56 Å². The van der Waals surface area contributed by atoms with Crippen molar-refractivity contribution in [2.75, 3.05) is 13.2 Å². The topological polar surface area (TPSA) is 75.6 Å². The number of amides is 1. The van der Waals surface area contributed by atoms with E-state index in [1.54, 1.807) is 18.2 Å². The predicted octanol–water partition coefficient (Wildman–Crippen LogP) is 1.98. The highest BCUT2D eigenvalue weighted by Crippen LogP contribution is 2.36. The number of carbonyl (C=O) groups is 2. The molecule has 5 nitrogen and oxygen atoms in total. The van der Waals surface area contributed by atoms with Crippen LogP contribution in [0.5, 0.6) is 0 Å². The SMILES string of the molecule is C[C@H](NC(=O)C1(c2cccc(Cl)c2)CCOCC1)C(=O)O. The lowest BCUT2D eigenvalue weighted by Crippen LogP contribution is -2.52. The van der Waals surface area contributed by atoms with Gasteiger partial charge in [-0.2, -0.15) is 0 Å². The van der Waals surface area contributed by atoms with E-state index in [9.17, 15) is 9.59 Å². The lowest BCUT2D eigenvalue weighted by Gasteiger charge is -2.36. The normalized spacial score (nSPS) is 18.8. The lowest BCUT2D eigenvalue weighted by molar-refractivity contribution is -0.143. The molecule has 21 heavy (non-hydrogen) atoms. The first kappa shape index (κ1) is 15.8. The summed E-state index contributed by atoms with van der Waals surface area (Å²) in [5.74, 6) is -1.35. The van der Waals surface area contributed by atoms with Gasteiger partial charge in [0.15, 0.2) is 0 Å². The predicted molar refractivity (Wildman–Crippen MR) is 78.4 cm³/mol. The molecule has 1 fully saturated rings. The van der Waals surface area contributed by atoms with E-state index >= 15 is 0 Å². The first-order valence-electron chi connectivity index (χ1n) is 6.83. The molecule has 6 heteroatoms. The van der Waals surface area contributed by atoms with Crippen molar-refractivity contribution >= 4 is 23.5 Å². The van der Waals surface area contributed by atoms with Gasteiger partial charge in [0, 0.05) is 18.2 Å². The molecule has 0 aliphatic carbocycles. The second-order valence-electron chi connectivity index (χ2n) is 5.24. The number of aliphatic carboxylic acids is 1. The van der Waals surface area contributed by atoms with E-state index in [-0.39, 0.29) is 5.91 Å². The van der Waals surface area contributed by atoms with Gasteiger partial charge in [-0.1, -0.05) is 23.7 Å². The molecule has 0 radical (unpaired) electrons. The molecule has 1 amide bonds. The summed E-state index contributed by atoms with van der Waals surface area (Å²) in [4.78, 5) is 23.6. The first-order valence-corrected chi connectivity index (χ1v) is 7.21. The number of carbonyl (C=O) groups excluding carboxylic acids is 1. The molecule has 2 rings (SSSR count). The number of carboxylic acid groups (broad SMARTS) is 1. The molecule has 1 aliphatic heterocycles. The molecule has 1 heterocycles. The van der Waals surface area contributed by atoms with Crippen LogP contribution >= 0.6 is 11.6 Å². The van der Waals surface area contributed by atoms with Crippen LogP contribution in [-0.2, 0) is 19.7 Å². The van der Waals surface area contributed by atoms with Crippen molar-refractivity contribution in [1.82, 2.24) is 5.32 Å². The Morgan fingerprint density at radius 1 is 1.38 bits per heavy atom. The molecular formula is C15H18ClNO4. The molecule has 1 aromatic carbocycles. The van der Waals surface area contributed by atoms with E-state index in [4.69, 9.17) is 21.4 Å². The van der Waals surface area contributed by atoms with Crippen LogP contribution in [0.15, 0.2) is 24.3 Å². The highest BCUT2D eigenvalue weighted by atomic mass is 35.5. The summed E-state index contributed by atoms with van der Waals surface area (Å²) in [6.45, 7) is 2.37. The summed E-state index contributed by atoms with van der Waals surface area (Å²) in [7, 11) is 0. The Balaban J connectivity index is 2.33. The largest absolute Gasteiger partial charge is 0.480 e. The third-order valence-corrected chi connectivity index (χ3v) is 4.11. The molecule has 2 N–H and O–H groups in total. The van der Waals surface area contributed by atoms with Crippen LogP contribution in [0.3, 0.4) is 0 Å². The fourth-order valence-electron chi connectivity index (χ4n) is 2.55. The van der Waals surface area contributed by atoms with Crippen LogP contribution in [-0.4, -0.2) is 36.2 Å². The van der Waals surface area contributed by atoms with E-state index in [0.29, 0.717) is 31.1 Å². The fraction of sp³-hybridized carbons (Fsp3) is 0.467. The Morgan fingerprint density at radius 3 is 2.62 bits per heavy atom. The number of carboxylic acids is 1. The van der Waals surface area contributed by atoms with E-state index in [1.807, 2.05) is 6.07 Å². The number of benzene rings is 1. The minimum Gasteiger partial charge on any atom is -0.480 e. The smallest absolute Gasteiger partial charge is 0.325 e. The lowest BCUT2D eigenvalue weighted by atomic mass is 9.73. The second kappa shape index (κ2) is 6.45. The maximum Gasteiger partial charge on any atom is 0.325 e. The zero-order chi connectivity index (χ0) is 15.5. The number of ether oxygens (including phenoxy) is 1. The van der Waals surface area contributed by atoms with Gasteiger partial charge in [0.25, 0.3) is 0 Å². The standard InChI is InChI=1S/C15H18ClNO4/c1-10(13(18)19)17-14(20)15(5-7-21-8-6-15)11-3-2-4-12(16)9-11/h2-4,9-10H,5-8H2,1H3,(H,17,20)(H,18,19)/t10-/m0/s1. The summed E-state index contributed by atoms with van der Waals surface area (Å²) >= 11 is 6.03. The molecule has 1 aliphatic rings. The fourth-order valence-corrected chi connectivity index (χ4v) is 2.74. The second-order valence-corrected chi connectivity index (χ2v) is 5.67. The van der Waals surface area contributed by atoms with Gasteiger partial charge in [0.2, 0.25) is 5.91 Å². The molecule has 0 bridgehead atoms. The van der Waals surface area contributed by atoms with Crippen molar-refractivity contribution in [3.8, 4) is 0 Å². The van der Waals surface area contributed by atoms with E-state index in [1.165, 1.54) is 6.92 Å². The van der Waals surface area contributed by atoms with Crippen LogP contribution in [0.25, 0.3) is 0 Å². The number of hydrogen-bond donors (Lipinski definition) is 2. The average molecular weight is 312 g/mol. The highest BCUT2D eigenvalue weighted by Gasteiger charge is 2.42. The summed E-state index contributed by atoms with van der Waals surface area (Å²) in [5.41, 5.74) is 0.0146. The maximum atomic E-state index is 12.7. The van der Waals surface area contributed by atoms with Crippen molar-refractivity contribution < 1.29 is 19.4 Å². The summed E-state index contributed by atoms with van der Waals surface area (Å²) in [6, 6.07) is 6.22. The van der Waals surface area contributed by atoms with Crippen molar-refractivity contribution in [2.24, 2.45) is 0 Å². The van der Waals surface area contributed by atoms with Crippen molar-refractivity contribution in [1.29, 1.82) is 0 Å². The molecule has 1 aromatic rings. The third-order valence-electron chi connectivity index (χ3n) is 3.88. The third kappa shape index (κ3) is 3.36. The van der Waals surface area contributed by atoms with Crippen molar-refractivity contribution in [3.05, 3.63) is 34.9 Å². The Bertz CT molecular complexity index is 540. The van der Waals surface area contributed by atoms with Gasteiger partial charge in [-0.3, -0.25) is 9.59 Å². The van der Waals surface area contributed by atoms with Gasteiger partial charge < -0.3 is 15.2 Å². The van der Waals surface area contributed by atoms with Crippen LogP contribution in [0.4, 0.5) is 0 Å². The van der Waals surface area contributed by atoms with Gasteiger partial charge in [0.05, 0.1) is 5.41 Å². The number of nitrogens with one attached hydrogen (secondary N) is 1. The molecular weight excluding hydrogens is 294 g/mol. The van der Waals surface area contributed by atoms with E-state index in [2.05, 4.69) is 5.32 Å². The molecule has 0 aromatic heterocycles. The number of rotatable bonds is 4. The molecule has 1 atom stereocenters. The Morgan fingerprint density at radius 2 is 2.05 bits per heavy atom. The van der Waals surface area contributed by atoms with Gasteiger partial charge >= 0.3 is 5.97 Å². The van der Waals surface area contributed by atoms with Crippen LogP contribution in [0, 0.1) is 0 Å². The molecule has 0 spiro atoms. The van der Waals surface area contributed by atoms with Crippen molar-refractivity contribution in [3.63, 3.8) is 0 Å². The van der Waals surface area contributed by atoms with Gasteiger partial charge in [-0.15, -0.1) is 0 Å². The minimum absolute atomic E-state index is 0.289. The van der Waals surface area contributed by atoms with Gasteiger partial charge in [-0.25, -0.2) is 0 Å². The minimum atomic E-state index is -1.06. The monoisotopic (exact) mass is 311 g/mol. The maximum absolute atomic E-state index is 12.7. The zero-order valence-corrected chi connectivity index (χ0v) is 12.5. The van der Waals surface area contributed by atoms with Gasteiger partial charge in [0.1, 0.15) is 6.04 Å². The number of halogens is 1. The van der Waals surface area contributed by atoms with Gasteiger partial charge in [-0.05, 0) is 37.5 Å². The molecule has 114 valence electrons. The highest BCUT2D eigenvalue weighted by molar-refractivity contribution is 6.30.